The SMILES string of the molecule is Cc1cc(C)cc(N(c2ccc3c(c2)CCC=C3)c2cc3c4c(c2)C(C)(C)c2cccc5c2N4c2c(cccc2C3(C)C)C5(C)C)c1. The van der Waals surface area contributed by atoms with Crippen LogP contribution in [0.1, 0.15) is 104 Å². The molecule has 47 heavy (non-hydrogen) atoms. The summed E-state index contributed by atoms with van der Waals surface area (Å²) in [5.74, 6) is 0. The predicted molar refractivity (Wildman–Crippen MR) is 199 cm³/mol. The zero-order chi connectivity index (χ0) is 32.6. The van der Waals surface area contributed by atoms with E-state index in [-0.39, 0.29) is 16.2 Å². The molecule has 4 aliphatic rings. The fourth-order valence-electron chi connectivity index (χ4n) is 9.39. The second-order valence-corrected chi connectivity index (χ2v) is 16.0. The van der Waals surface area contributed by atoms with Crippen molar-refractivity contribution >= 4 is 40.2 Å². The molecular weight excluding hydrogens is 569 g/mol. The molecule has 0 radical (unpaired) electrons. The van der Waals surface area contributed by atoms with E-state index in [1.54, 1.807) is 0 Å². The zero-order valence-electron chi connectivity index (χ0n) is 29.0. The van der Waals surface area contributed by atoms with Crippen LogP contribution in [0.3, 0.4) is 0 Å². The molecule has 1 aliphatic carbocycles. The van der Waals surface area contributed by atoms with Crippen LogP contribution < -0.4 is 9.80 Å². The van der Waals surface area contributed by atoms with Crippen molar-refractivity contribution in [2.45, 2.75) is 84.5 Å². The van der Waals surface area contributed by atoms with Crippen LogP contribution in [0, 0.1) is 13.8 Å². The lowest BCUT2D eigenvalue weighted by atomic mass is 9.61. The maximum Gasteiger partial charge on any atom is 0.0545 e. The lowest BCUT2D eigenvalue weighted by molar-refractivity contribution is 0.566. The zero-order valence-corrected chi connectivity index (χ0v) is 29.0. The number of para-hydroxylation sites is 2. The summed E-state index contributed by atoms with van der Waals surface area (Å²) in [6.07, 6.45) is 6.77. The van der Waals surface area contributed by atoms with Gasteiger partial charge in [-0.1, -0.05) is 102 Å². The molecule has 0 spiro atoms. The Labute approximate surface area is 280 Å². The third-order valence-corrected chi connectivity index (χ3v) is 11.9. The number of benzene rings is 5. The highest BCUT2D eigenvalue weighted by Gasteiger charge is 2.51. The van der Waals surface area contributed by atoms with E-state index in [2.05, 4.69) is 162 Å². The molecule has 0 aromatic heterocycles. The molecule has 5 aromatic rings. The highest BCUT2D eigenvalue weighted by molar-refractivity contribution is 5.99. The second-order valence-electron chi connectivity index (χ2n) is 16.0. The van der Waals surface area contributed by atoms with Crippen LogP contribution in [0.4, 0.5) is 34.1 Å². The van der Waals surface area contributed by atoms with Crippen LogP contribution >= 0.6 is 0 Å². The van der Waals surface area contributed by atoms with Crippen LogP contribution in [0.15, 0.2) is 91.0 Å². The van der Waals surface area contributed by atoms with Crippen LogP contribution in [0.2, 0.25) is 0 Å². The van der Waals surface area contributed by atoms with Crippen LogP contribution in [-0.4, -0.2) is 0 Å². The average molecular weight is 613 g/mol. The van der Waals surface area contributed by atoms with Gasteiger partial charge in [0.05, 0.1) is 17.1 Å². The van der Waals surface area contributed by atoms with Crippen molar-refractivity contribution in [3.63, 3.8) is 0 Å². The first-order chi connectivity index (χ1) is 22.4. The van der Waals surface area contributed by atoms with Gasteiger partial charge in [-0.2, -0.15) is 0 Å². The molecule has 3 aliphatic heterocycles. The maximum absolute atomic E-state index is 2.66. The second kappa shape index (κ2) is 9.28. The molecule has 0 amide bonds. The molecule has 234 valence electrons. The van der Waals surface area contributed by atoms with Gasteiger partial charge in [0.2, 0.25) is 0 Å². The summed E-state index contributed by atoms with van der Waals surface area (Å²) in [7, 11) is 0. The first-order valence-corrected chi connectivity index (χ1v) is 17.3. The normalized spacial score (nSPS) is 18.0. The summed E-state index contributed by atoms with van der Waals surface area (Å²) in [5.41, 5.74) is 21.2. The number of anilines is 6. The molecule has 0 atom stereocenters. The highest BCUT2D eigenvalue weighted by atomic mass is 15.2. The maximum atomic E-state index is 2.66. The number of hydrogen-bond acceptors (Lipinski definition) is 2. The first kappa shape index (κ1) is 28.6. The number of allylic oxidation sites excluding steroid dienone is 1. The van der Waals surface area contributed by atoms with Gasteiger partial charge < -0.3 is 9.80 Å². The Bertz CT molecular complexity index is 2100. The standard InChI is InChI=1S/C45H44N2/c1-27-21-28(2)23-32(22-27)46(31-20-19-29-13-9-10-14-30(29)24-31)33-25-38-42-39(26-33)45(7,8)37-18-12-16-35-41(37)47(42)40-34(43(35,3)4)15-11-17-36(40)44(38,5)6/h9,11-13,15-26H,10,14H2,1-8H3. The average Bonchev–Trinajstić information content (AvgIpc) is 3.03. The Balaban J connectivity index is 1.38. The van der Waals surface area contributed by atoms with E-state index in [0.29, 0.717) is 0 Å². The molecule has 0 bridgehead atoms. The van der Waals surface area contributed by atoms with Crippen molar-refractivity contribution in [3.8, 4) is 0 Å². The van der Waals surface area contributed by atoms with Gasteiger partial charge in [-0.3, -0.25) is 0 Å². The molecular formula is C45H44N2. The Kier molecular flexibility index (Phi) is 5.66. The Morgan fingerprint density at radius 1 is 0.532 bits per heavy atom. The van der Waals surface area contributed by atoms with Crippen LogP contribution in [0.25, 0.3) is 6.08 Å². The van der Waals surface area contributed by atoms with Gasteiger partial charge in [0.1, 0.15) is 0 Å². The Hall–Kier alpha value is -4.56. The van der Waals surface area contributed by atoms with E-state index in [4.69, 9.17) is 0 Å². The van der Waals surface area contributed by atoms with Gasteiger partial charge in [0, 0.05) is 33.3 Å². The van der Waals surface area contributed by atoms with Crippen molar-refractivity contribution in [1.29, 1.82) is 0 Å². The summed E-state index contributed by atoms with van der Waals surface area (Å²) in [4.78, 5) is 5.19. The van der Waals surface area contributed by atoms with Gasteiger partial charge in [-0.15, -0.1) is 0 Å². The fourth-order valence-corrected chi connectivity index (χ4v) is 9.39. The van der Waals surface area contributed by atoms with E-state index < -0.39 is 0 Å². The molecule has 0 saturated carbocycles. The Morgan fingerprint density at radius 3 is 1.57 bits per heavy atom. The molecule has 3 heterocycles. The van der Waals surface area contributed by atoms with Gasteiger partial charge in [0.15, 0.2) is 0 Å². The summed E-state index contributed by atoms with van der Waals surface area (Å²) >= 11 is 0. The van der Waals surface area contributed by atoms with Crippen molar-refractivity contribution in [2.75, 3.05) is 9.80 Å². The molecule has 2 nitrogen and oxygen atoms in total. The molecule has 0 fully saturated rings. The smallest absolute Gasteiger partial charge is 0.0545 e. The van der Waals surface area contributed by atoms with Crippen molar-refractivity contribution in [1.82, 2.24) is 0 Å². The number of rotatable bonds is 3. The van der Waals surface area contributed by atoms with Gasteiger partial charge in [-0.25, -0.2) is 0 Å². The number of hydrogen-bond donors (Lipinski definition) is 0. The van der Waals surface area contributed by atoms with Gasteiger partial charge >= 0.3 is 0 Å². The first-order valence-electron chi connectivity index (χ1n) is 17.3. The highest BCUT2D eigenvalue weighted by Crippen LogP contribution is 2.66. The van der Waals surface area contributed by atoms with E-state index in [1.807, 2.05) is 0 Å². The molecule has 0 saturated heterocycles. The third kappa shape index (κ3) is 3.73. The van der Waals surface area contributed by atoms with Crippen molar-refractivity contribution in [2.24, 2.45) is 0 Å². The van der Waals surface area contributed by atoms with E-state index in [1.165, 1.54) is 89.8 Å². The minimum absolute atomic E-state index is 0.0875. The molecule has 0 unspecified atom stereocenters. The number of aryl methyl sites for hydroxylation is 3. The van der Waals surface area contributed by atoms with Gasteiger partial charge in [0.25, 0.3) is 0 Å². The lowest BCUT2D eigenvalue weighted by Gasteiger charge is -2.55. The van der Waals surface area contributed by atoms with E-state index in [0.717, 1.165) is 12.8 Å². The number of fused-ring (bicyclic) bond motifs is 1. The Morgan fingerprint density at radius 2 is 1.02 bits per heavy atom. The van der Waals surface area contributed by atoms with Crippen molar-refractivity contribution < 1.29 is 0 Å². The monoisotopic (exact) mass is 612 g/mol. The fraction of sp³-hybridized carbons (Fsp3) is 0.289. The predicted octanol–water partition coefficient (Wildman–Crippen LogP) is 12.1. The molecule has 0 N–H and O–H groups in total. The minimum atomic E-state index is -0.188. The van der Waals surface area contributed by atoms with Crippen LogP contribution in [0.5, 0.6) is 0 Å². The summed E-state index contributed by atoms with van der Waals surface area (Å²) in [6, 6.07) is 33.2. The third-order valence-electron chi connectivity index (χ3n) is 11.9. The summed E-state index contributed by atoms with van der Waals surface area (Å²) in [5, 5.41) is 0. The topological polar surface area (TPSA) is 6.48 Å². The molecule has 5 aromatic carbocycles. The quantitative estimate of drug-likeness (QED) is 0.200. The molecule has 9 rings (SSSR count). The van der Waals surface area contributed by atoms with Crippen molar-refractivity contribution in [3.05, 3.63) is 147 Å². The van der Waals surface area contributed by atoms with Crippen LogP contribution in [-0.2, 0) is 22.7 Å². The van der Waals surface area contributed by atoms with E-state index in [9.17, 15) is 0 Å². The lowest BCUT2D eigenvalue weighted by Crippen LogP contribution is -2.43. The number of nitrogens with zero attached hydrogens (tertiary/aromatic N) is 2. The van der Waals surface area contributed by atoms with E-state index >= 15 is 0 Å². The largest absolute Gasteiger partial charge is 0.310 e. The molecule has 2 heteroatoms. The summed E-state index contributed by atoms with van der Waals surface area (Å²) < 4.78 is 0. The van der Waals surface area contributed by atoms with Gasteiger partial charge in [-0.05, 0) is 119 Å². The minimum Gasteiger partial charge on any atom is -0.310 e. The summed E-state index contributed by atoms with van der Waals surface area (Å²) in [6.45, 7) is 19.1.